The Balaban J connectivity index is 2.00. The predicted molar refractivity (Wildman–Crippen MR) is 104 cm³/mol. The van der Waals surface area contributed by atoms with Crippen LogP contribution in [0, 0.1) is 0 Å². The summed E-state index contributed by atoms with van der Waals surface area (Å²) >= 11 is 11.2. The molecule has 0 spiro atoms. The van der Waals surface area contributed by atoms with Crippen LogP contribution in [0.2, 0.25) is 5.02 Å². The van der Waals surface area contributed by atoms with Gasteiger partial charge in [0.25, 0.3) is 0 Å². The number of hydrogen-bond donors (Lipinski definition) is 2. The molecule has 25 heavy (non-hydrogen) atoms. The van der Waals surface area contributed by atoms with E-state index in [1.165, 1.54) is 6.08 Å². The van der Waals surface area contributed by atoms with Crippen LogP contribution in [0.15, 0.2) is 48.5 Å². The molecule has 0 unspecified atom stereocenters. The molecule has 0 aromatic heterocycles. The Hall–Kier alpha value is -2.57. The van der Waals surface area contributed by atoms with Crippen LogP contribution in [0.3, 0.4) is 0 Å². The average molecular weight is 377 g/mol. The Morgan fingerprint density at radius 1 is 1.16 bits per heavy atom. The van der Waals surface area contributed by atoms with Gasteiger partial charge in [0, 0.05) is 17.2 Å². The number of thiocarbonyl (C=S) groups is 1. The summed E-state index contributed by atoms with van der Waals surface area (Å²) < 4.78 is 10.4. The monoisotopic (exact) mass is 376 g/mol. The van der Waals surface area contributed by atoms with Crippen LogP contribution >= 0.6 is 23.8 Å². The summed E-state index contributed by atoms with van der Waals surface area (Å²) in [5.41, 5.74) is 1.33. The molecule has 2 aromatic carbocycles. The van der Waals surface area contributed by atoms with Crippen molar-refractivity contribution in [2.45, 2.75) is 0 Å². The minimum Gasteiger partial charge on any atom is -0.497 e. The minimum atomic E-state index is -0.376. The molecule has 0 saturated heterocycles. The third kappa shape index (κ3) is 5.48. The summed E-state index contributed by atoms with van der Waals surface area (Å²) in [7, 11) is 3.10. The molecule has 5 nitrogen and oxygen atoms in total. The molecule has 0 saturated carbocycles. The molecule has 0 bridgehead atoms. The Kier molecular flexibility index (Phi) is 6.80. The highest BCUT2D eigenvalue weighted by Gasteiger charge is 2.08. The largest absolute Gasteiger partial charge is 0.497 e. The fraction of sp³-hybridized carbons (Fsp3) is 0.111. The van der Waals surface area contributed by atoms with Gasteiger partial charge in [-0.15, -0.1) is 0 Å². The van der Waals surface area contributed by atoms with Gasteiger partial charge < -0.3 is 14.8 Å². The Bertz CT molecular complexity index is 809. The summed E-state index contributed by atoms with van der Waals surface area (Å²) in [5, 5.41) is 6.18. The lowest BCUT2D eigenvalue weighted by Gasteiger charge is -2.13. The van der Waals surface area contributed by atoms with Gasteiger partial charge in [0.05, 0.1) is 19.9 Å². The molecule has 1 amide bonds. The van der Waals surface area contributed by atoms with Crippen LogP contribution in [-0.4, -0.2) is 25.2 Å². The highest BCUT2D eigenvalue weighted by molar-refractivity contribution is 7.80. The Labute approximate surface area is 156 Å². The van der Waals surface area contributed by atoms with Gasteiger partial charge in [0.15, 0.2) is 5.11 Å². The van der Waals surface area contributed by atoms with Crippen molar-refractivity contribution in [1.82, 2.24) is 5.32 Å². The molecule has 2 aromatic rings. The molecular weight excluding hydrogens is 360 g/mol. The van der Waals surface area contributed by atoms with Crippen LogP contribution in [-0.2, 0) is 4.79 Å². The van der Waals surface area contributed by atoms with Crippen LogP contribution < -0.4 is 20.1 Å². The van der Waals surface area contributed by atoms with Crippen LogP contribution in [0.25, 0.3) is 6.08 Å². The molecule has 0 fully saturated rings. The van der Waals surface area contributed by atoms with E-state index >= 15 is 0 Å². The molecule has 7 heteroatoms. The van der Waals surface area contributed by atoms with E-state index in [1.54, 1.807) is 44.6 Å². The molecule has 130 valence electrons. The molecular formula is C18H17ClN2O3S. The summed E-state index contributed by atoms with van der Waals surface area (Å²) in [6.45, 7) is 0. The number of nitrogens with one attached hydrogen (secondary N) is 2. The Morgan fingerprint density at radius 3 is 2.60 bits per heavy atom. The van der Waals surface area contributed by atoms with E-state index in [9.17, 15) is 4.79 Å². The van der Waals surface area contributed by atoms with Crippen molar-refractivity contribution in [2.75, 3.05) is 19.5 Å². The van der Waals surface area contributed by atoms with Gasteiger partial charge in [-0.25, -0.2) is 0 Å². The first-order chi connectivity index (χ1) is 12.0. The molecule has 0 atom stereocenters. The zero-order valence-corrected chi connectivity index (χ0v) is 15.3. The van der Waals surface area contributed by atoms with Crippen molar-refractivity contribution in [3.63, 3.8) is 0 Å². The minimum absolute atomic E-state index is 0.139. The molecule has 0 heterocycles. The van der Waals surface area contributed by atoms with Gasteiger partial charge in [-0.1, -0.05) is 29.8 Å². The van der Waals surface area contributed by atoms with E-state index < -0.39 is 0 Å². The van der Waals surface area contributed by atoms with Crippen molar-refractivity contribution in [2.24, 2.45) is 0 Å². The third-order valence-electron chi connectivity index (χ3n) is 3.21. The van der Waals surface area contributed by atoms with E-state index in [0.29, 0.717) is 22.2 Å². The smallest absolute Gasteiger partial charge is 0.250 e. The van der Waals surface area contributed by atoms with Gasteiger partial charge in [-0.2, -0.15) is 0 Å². The number of rotatable bonds is 5. The second-order valence-corrected chi connectivity index (χ2v) is 5.68. The number of hydrogen-bond acceptors (Lipinski definition) is 4. The second kappa shape index (κ2) is 9.05. The highest BCUT2D eigenvalue weighted by atomic mass is 35.5. The normalized spacial score (nSPS) is 10.4. The highest BCUT2D eigenvalue weighted by Crippen LogP contribution is 2.28. The van der Waals surface area contributed by atoms with Gasteiger partial charge in [0.1, 0.15) is 11.5 Å². The molecule has 2 rings (SSSR count). The number of benzene rings is 2. The maximum Gasteiger partial charge on any atom is 0.250 e. The lowest BCUT2D eigenvalue weighted by atomic mass is 10.2. The summed E-state index contributed by atoms with van der Waals surface area (Å²) in [5.74, 6) is 0.833. The maximum absolute atomic E-state index is 12.0. The van der Waals surface area contributed by atoms with Crippen molar-refractivity contribution in [1.29, 1.82) is 0 Å². The van der Waals surface area contributed by atoms with Crippen molar-refractivity contribution < 1.29 is 14.3 Å². The lowest BCUT2D eigenvalue weighted by Crippen LogP contribution is -2.32. The number of amides is 1. The summed E-state index contributed by atoms with van der Waals surface area (Å²) in [4.78, 5) is 12.0. The fourth-order valence-electron chi connectivity index (χ4n) is 1.99. The predicted octanol–water partition coefficient (Wildman–Crippen LogP) is 3.88. The van der Waals surface area contributed by atoms with Gasteiger partial charge in [-0.05, 0) is 42.1 Å². The van der Waals surface area contributed by atoms with E-state index in [2.05, 4.69) is 10.6 Å². The van der Waals surface area contributed by atoms with E-state index in [-0.39, 0.29) is 11.0 Å². The number of methoxy groups -OCH3 is 2. The Morgan fingerprint density at radius 2 is 1.92 bits per heavy atom. The fourth-order valence-corrected chi connectivity index (χ4v) is 2.40. The molecule has 0 aliphatic carbocycles. The van der Waals surface area contributed by atoms with Crippen LogP contribution in [0.1, 0.15) is 5.56 Å². The molecule has 0 aliphatic rings. The van der Waals surface area contributed by atoms with Crippen molar-refractivity contribution in [3.05, 3.63) is 59.1 Å². The first-order valence-corrected chi connectivity index (χ1v) is 8.08. The lowest BCUT2D eigenvalue weighted by molar-refractivity contribution is -0.115. The summed E-state index contributed by atoms with van der Waals surface area (Å²) in [6, 6.07) is 12.4. The van der Waals surface area contributed by atoms with Crippen molar-refractivity contribution in [3.8, 4) is 11.5 Å². The first-order valence-electron chi connectivity index (χ1n) is 7.30. The number of halogens is 1. The maximum atomic E-state index is 12.0. The van der Waals surface area contributed by atoms with Gasteiger partial charge in [0.2, 0.25) is 5.91 Å². The number of anilines is 1. The zero-order chi connectivity index (χ0) is 18.2. The zero-order valence-electron chi connectivity index (χ0n) is 13.7. The van der Waals surface area contributed by atoms with Crippen LogP contribution in [0.5, 0.6) is 11.5 Å². The number of carbonyl (C=O) groups is 1. The SMILES string of the molecule is COc1ccc(OC)c(NC(=S)NC(=O)/C=C/c2ccccc2Cl)c1. The average Bonchev–Trinajstić information content (AvgIpc) is 2.60. The third-order valence-corrected chi connectivity index (χ3v) is 3.76. The number of ether oxygens (including phenoxy) is 2. The van der Waals surface area contributed by atoms with E-state index in [4.69, 9.17) is 33.3 Å². The number of carbonyl (C=O) groups excluding carboxylic acids is 1. The van der Waals surface area contributed by atoms with E-state index in [0.717, 1.165) is 5.56 Å². The molecule has 2 N–H and O–H groups in total. The van der Waals surface area contributed by atoms with Gasteiger partial charge in [-0.3, -0.25) is 10.1 Å². The molecule has 0 aliphatic heterocycles. The topological polar surface area (TPSA) is 59.6 Å². The first kappa shape index (κ1) is 18.8. The van der Waals surface area contributed by atoms with Gasteiger partial charge >= 0.3 is 0 Å². The van der Waals surface area contributed by atoms with Crippen molar-refractivity contribution >= 4 is 46.6 Å². The standard InChI is InChI=1S/C18H17ClN2O3S/c1-23-13-8-9-16(24-2)15(11-13)20-18(25)21-17(22)10-7-12-5-3-4-6-14(12)19/h3-11H,1-2H3,(H2,20,21,22,25)/b10-7+. The summed E-state index contributed by atoms with van der Waals surface area (Å²) in [6.07, 6.45) is 2.98. The second-order valence-electron chi connectivity index (χ2n) is 4.86. The quantitative estimate of drug-likeness (QED) is 0.612. The molecule has 0 radical (unpaired) electrons. The van der Waals surface area contributed by atoms with Crippen LogP contribution in [0.4, 0.5) is 5.69 Å². The van der Waals surface area contributed by atoms with E-state index in [1.807, 2.05) is 18.2 Å².